The summed E-state index contributed by atoms with van der Waals surface area (Å²) < 4.78 is 1.64. The predicted molar refractivity (Wildman–Crippen MR) is 84.4 cm³/mol. The summed E-state index contributed by atoms with van der Waals surface area (Å²) in [6.07, 6.45) is 9.44. The molecule has 1 saturated heterocycles. The van der Waals surface area contributed by atoms with Crippen LogP contribution in [0, 0.1) is 5.92 Å². The van der Waals surface area contributed by atoms with Crippen molar-refractivity contribution in [1.29, 1.82) is 0 Å². The average Bonchev–Trinajstić information content (AvgIpc) is 3.07. The highest BCUT2D eigenvalue weighted by Gasteiger charge is 2.20. The third-order valence-electron chi connectivity index (χ3n) is 4.00. The van der Waals surface area contributed by atoms with Gasteiger partial charge < -0.3 is 10.2 Å². The molecule has 1 amide bonds. The average molecular weight is 299 g/mol. The number of carbonyl (C=O) groups is 1. The summed E-state index contributed by atoms with van der Waals surface area (Å²) in [4.78, 5) is 18.3. The standard InChI is InChI=1S/C16H21N5O/c22-16(13-21-10-2-6-19-21)18-11-14-3-1-9-20(12-14)15-4-7-17-8-5-15/h2,4-8,10,14H,1,3,9,11-13H2,(H,18,22)/t14-/m1/s1. The molecule has 1 aliphatic heterocycles. The lowest BCUT2D eigenvalue weighted by Gasteiger charge is -2.34. The van der Waals surface area contributed by atoms with Crippen molar-refractivity contribution >= 4 is 11.6 Å². The monoisotopic (exact) mass is 299 g/mol. The number of hydrogen-bond donors (Lipinski definition) is 1. The molecule has 3 rings (SSSR count). The summed E-state index contributed by atoms with van der Waals surface area (Å²) in [5, 5.41) is 7.07. The first-order valence-electron chi connectivity index (χ1n) is 7.70. The van der Waals surface area contributed by atoms with Crippen molar-refractivity contribution in [2.45, 2.75) is 19.4 Å². The molecule has 1 atom stereocenters. The van der Waals surface area contributed by atoms with Gasteiger partial charge in [0.05, 0.1) is 0 Å². The Morgan fingerprint density at radius 1 is 1.32 bits per heavy atom. The van der Waals surface area contributed by atoms with E-state index >= 15 is 0 Å². The van der Waals surface area contributed by atoms with Gasteiger partial charge in [0, 0.05) is 50.1 Å². The zero-order valence-corrected chi connectivity index (χ0v) is 12.6. The second-order valence-corrected chi connectivity index (χ2v) is 5.67. The van der Waals surface area contributed by atoms with Crippen LogP contribution >= 0.6 is 0 Å². The molecule has 1 N–H and O–H groups in total. The molecule has 0 radical (unpaired) electrons. The molecule has 1 fully saturated rings. The number of nitrogens with zero attached hydrogens (tertiary/aromatic N) is 4. The molecule has 6 heteroatoms. The van der Waals surface area contributed by atoms with E-state index in [-0.39, 0.29) is 12.5 Å². The van der Waals surface area contributed by atoms with Crippen LogP contribution < -0.4 is 10.2 Å². The fourth-order valence-corrected chi connectivity index (χ4v) is 2.88. The Labute approximate surface area is 130 Å². The maximum absolute atomic E-state index is 11.9. The van der Waals surface area contributed by atoms with Crippen LogP contribution in [0.1, 0.15) is 12.8 Å². The maximum Gasteiger partial charge on any atom is 0.241 e. The number of anilines is 1. The molecule has 0 bridgehead atoms. The Morgan fingerprint density at radius 2 is 2.18 bits per heavy atom. The fourth-order valence-electron chi connectivity index (χ4n) is 2.88. The van der Waals surface area contributed by atoms with Gasteiger partial charge in [0.2, 0.25) is 5.91 Å². The minimum Gasteiger partial charge on any atom is -0.371 e. The van der Waals surface area contributed by atoms with Crippen LogP contribution in [0.3, 0.4) is 0 Å². The first kappa shape index (κ1) is 14.6. The molecule has 0 saturated carbocycles. The van der Waals surface area contributed by atoms with E-state index in [9.17, 15) is 4.79 Å². The van der Waals surface area contributed by atoms with Crippen molar-refractivity contribution < 1.29 is 4.79 Å². The van der Waals surface area contributed by atoms with Crippen LogP contribution in [0.2, 0.25) is 0 Å². The number of piperidine rings is 1. The van der Waals surface area contributed by atoms with Crippen molar-refractivity contribution in [3.8, 4) is 0 Å². The molecule has 22 heavy (non-hydrogen) atoms. The Hall–Kier alpha value is -2.37. The van der Waals surface area contributed by atoms with E-state index < -0.39 is 0 Å². The van der Waals surface area contributed by atoms with Crippen LogP contribution in [0.15, 0.2) is 43.0 Å². The second-order valence-electron chi connectivity index (χ2n) is 5.67. The number of hydrogen-bond acceptors (Lipinski definition) is 4. The van der Waals surface area contributed by atoms with Crippen LogP contribution in [0.5, 0.6) is 0 Å². The molecule has 0 aliphatic carbocycles. The first-order valence-corrected chi connectivity index (χ1v) is 7.70. The maximum atomic E-state index is 11.9. The molecule has 2 aromatic heterocycles. The van der Waals surface area contributed by atoms with Crippen molar-refractivity contribution in [2.75, 3.05) is 24.5 Å². The summed E-state index contributed by atoms with van der Waals surface area (Å²) in [6.45, 7) is 3.06. The molecule has 116 valence electrons. The minimum atomic E-state index is 0.0183. The van der Waals surface area contributed by atoms with Gasteiger partial charge in [-0.1, -0.05) is 0 Å². The normalized spacial score (nSPS) is 18.2. The summed E-state index contributed by atoms with van der Waals surface area (Å²) in [5.41, 5.74) is 1.21. The summed E-state index contributed by atoms with van der Waals surface area (Å²) in [6, 6.07) is 5.90. The van der Waals surface area contributed by atoms with Gasteiger partial charge in [0.1, 0.15) is 6.54 Å². The SMILES string of the molecule is O=C(Cn1cccn1)NC[C@H]1CCCN(c2ccncc2)C1. The zero-order valence-electron chi connectivity index (χ0n) is 12.6. The lowest BCUT2D eigenvalue weighted by molar-refractivity contribution is -0.122. The van der Waals surface area contributed by atoms with Crippen molar-refractivity contribution in [3.63, 3.8) is 0 Å². The van der Waals surface area contributed by atoms with Crippen molar-refractivity contribution in [3.05, 3.63) is 43.0 Å². The highest BCUT2D eigenvalue weighted by Crippen LogP contribution is 2.21. The molecule has 6 nitrogen and oxygen atoms in total. The lowest BCUT2D eigenvalue weighted by Crippen LogP contribution is -2.41. The highest BCUT2D eigenvalue weighted by atomic mass is 16.2. The third kappa shape index (κ3) is 3.84. The lowest BCUT2D eigenvalue weighted by atomic mass is 9.97. The van der Waals surface area contributed by atoms with E-state index in [1.165, 1.54) is 5.69 Å². The Morgan fingerprint density at radius 3 is 2.95 bits per heavy atom. The van der Waals surface area contributed by atoms with Crippen LogP contribution in [-0.4, -0.2) is 40.3 Å². The first-order chi connectivity index (χ1) is 10.8. The Bertz CT molecular complexity index is 584. The molecule has 2 aromatic rings. The van der Waals surface area contributed by atoms with Gasteiger partial charge in [0.25, 0.3) is 0 Å². The Balaban J connectivity index is 1.47. The van der Waals surface area contributed by atoms with E-state index in [1.807, 2.05) is 30.6 Å². The molecule has 3 heterocycles. The van der Waals surface area contributed by atoms with Gasteiger partial charge in [-0.05, 0) is 37.0 Å². The van der Waals surface area contributed by atoms with Gasteiger partial charge >= 0.3 is 0 Å². The van der Waals surface area contributed by atoms with Crippen LogP contribution in [0.4, 0.5) is 5.69 Å². The number of carbonyl (C=O) groups excluding carboxylic acids is 1. The topological polar surface area (TPSA) is 63.1 Å². The summed E-state index contributed by atoms with van der Waals surface area (Å²) in [5.74, 6) is 0.508. The van der Waals surface area contributed by atoms with E-state index in [4.69, 9.17) is 0 Å². The summed E-state index contributed by atoms with van der Waals surface area (Å²) >= 11 is 0. The number of pyridine rings is 1. The molecule has 1 aliphatic rings. The van der Waals surface area contributed by atoms with Crippen molar-refractivity contribution in [1.82, 2.24) is 20.1 Å². The quantitative estimate of drug-likeness (QED) is 0.904. The molecular weight excluding hydrogens is 278 g/mol. The Kier molecular flexibility index (Phi) is 4.68. The molecule has 0 spiro atoms. The van der Waals surface area contributed by atoms with Crippen LogP contribution in [0.25, 0.3) is 0 Å². The zero-order chi connectivity index (χ0) is 15.2. The molecule has 0 aromatic carbocycles. The van der Waals surface area contributed by atoms with Crippen LogP contribution in [-0.2, 0) is 11.3 Å². The minimum absolute atomic E-state index is 0.0183. The number of aromatic nitrogens is 3. The third-order valence-corrected chi connectivity index (χ3v) is 4.00. The van der Waals surface area contributed by atoms with Crippen molar-refractivity contribution in [2.24, 2.45) is 5.92 Å². The van der Waals surface area contributed by atoms with Gasteiger partial charge in [0.15, 0.2) is 0 Å². The van der Waals surface area contributed by atoms with E-state index in [0.717, 1.165) is 32.5 Å². The van der Waals surface area contributed by atoms with E-state index in [1.54, 1.807) is 17.1 Å². The number of nitrogens with one attached hydrogen (secondary N) is 1. The van der Waals surface area contributed by atoms with Gasteiger partial charge in [-0.2, -0.15) is 5.10 Å². The highest BCUT2D eigenvalue weighted by molar-refractivity contribution is 5.75. The van der Waals surface area contributed by atoms with Gasteiger partial charge in [-0.25, -0.2) is 0 Å². The smallest absolute Gasteiger partial charge is 0.241 e. The van der Waals surface area contributed by atoms with E-state index in [2.05, 4.69) is 20.3 Å². The number of rotatable bonds is 5. The second kappa shape index (κ2) is 7.06. The van der Waals surface area contributed by atoms with E-state index in [0.29, 0.717) is 5.92 Å². The van der Waals surface area contributed by atoms with Gasteiger partial charge in [-0.15, -0.1) is 0 Å². The fraction of sp³-hybridized carbons (Fsp3) is 0.438. The predicted octanol–water partition coefficient (Wildman–Crippen LogP) is 1.31. The number of amides is 1. The molecular formula is C16H21N5O. The largest absolute Gasteiger partial charge is 0.371 e. The molecule has 0 unspecified atom stereocenters. The summed E-state index contributed by atoms with van der Waals surface area (Å²) in [7, 11) is 0. The van der Waals surface area contributed by atoms with Gasteiger partial charge in [-0.3, -0.25) is 14.5 Å².